The van der Waals surface area contributed by atoms with E-state index in [0.29, 0.717) is 24.3 Å². The number of nitrogens with zero attached hydrogens (tertiary/aromatic N) is 1. The van der Waals surface area contributed by atoms with Gasteiger partial charge < -0.3 is 14.8 Å². The maximum atomic E-state index is 11.2. The molecule has 6 heteroatoms. The molecule has 6 nitrogen and oxygen atoms in total. The Labute approximate surface area is 146 Å². The molecule has 0 unspecified atom stereocenters. The van der Waals surface area contributed by atoms with Crippen molar-refractivity contribution in [2.45, 2.75) is 26.7 Å². The van der Waals surface area contributed by atoms with Crippen molar-refractivity contribution >= 4 is 29.7 Å². The number of hydrogen-bond acceptors (Lipinski definition) is 5. The smallest absolute Gasteiger partial charge is 0.310 e. The molecule has 0 aliphatic heterocycles. The lowest BCUT2D eigenvalue weighted by Crippen LogP contribution is -2.05. The number of aliphatic imine (C=N–C) groups is 1. The van der Waals surface area contributed by atoms with Crippen molar-refractivity contribution in [3.05, 3.63) is 48.5 Å². The lowest BCUT2D eigenvalue weighted by Gasteiger charge is -2.04. The average Bonchev–Trinajstić information content (AvgIpc) is 2.64. The lowest BCUT2D eigenvalue weighted by atomic mass is 10.3. The highest BCUT2D eigenvalue weighted by molar-refractivity contribution is 5.78. The third kappa shape index (κ3) is 6.10. The zero-order chi connectivity index (χ0) is 18.1. The van der Waals surface area contributed by atoms with Crippen molar-refractivity contribution in [3.63, 3.8) is 0 Å². The van der Waals surface area contributed by atoms with Gasteiger partial charge in [0.1, 0.15) is 11.5 Å². The van der Waals surface area contributed by atoms with E-state index in [1.165, 1.54) is 0 Å². The number of carbonyl (C=O) groups excluding carboxylic acids is 2. The predicted molar refractivity (Wildman–Crippen MR) is 96.5 cm³/mol. The minimum Gasteiger partial charge on any atom is -0.427 e. The normalized spacial score (nSPS) is 10.5. The summed E-state index contributed by atoms with van der Waals surface area (Å²) in [7, 11) is 0. The number of esters is 2. The van der Waals surface area contributed by atoms with Crippen molar-refractivity contribution in [3.8, 4) is 11.5 Å². The Morgan fingerprint density at radius 3 is 1.84 bits per heavy atom. The van der Waals surface area contributed by atoms with Gasteiger partial charge in [0.2, 0.25) is 0 Å². The van der Waals surface area contributed by atoms with Gasteiger partial charge in [0.25, 0.3) is 0 Å². The van der Waals surface area contributed by atoms with Crippen LogP contribution in [-0.4, -0.2) is 18.3 Å². The second-order valence-electron chi connectivity index (χ2n) is 5.08. The Balaban J connectivity index is 1.88. The zero-order valence-electron chi connectivity index (χ0n) is 14.2. The van der Waals surface area contributed by atoms with Crippen molar-refractivity contribution in [1.29, 1.82) is 0 Å². The molecule has 0 heterocycles. The van der Waals surface area contributed by atoms with Crippen LogP contribution in [0.5, 0.6) is 11.5 Å². The second kappa shape index (κ2) is 9.22. The zero-order valence-corrected chi connectivity index (χ0v) is 14.2. The predicted octanol–water partition coefficient (Wildman–Crippen LogP) is 4.09. The molecule has 2 rings (SSSR count). The summed E-state index contributed by atoms with van der Waals surface area (Å²) >= 11 is 0. The number of ether oxygens (including phenoxy) is 2. The van der Waals surface area contributed by atoms with Crippen LogP contribution in [0.4, 0.5) is 11.4 Å². The third-order valence-electron chi connectivity index (χ3n) is 3.18. The molecule has 0 bridgehead atoms. The van der Waals surface area contributed by atoms with Crippen LogP contribution in [0.3, 0.4) is 0 Å². The molecule has 1 N–H and O–H groups in total. The third-order valence-corrected chi connectivity index (χ3v) is 3.18. The van der Waals surface area contributed by atoms with Crippen molar-refractivity contribution < 1.29 is 19.1 Å². The van der Waals surface area contributed by atoms with Crippen molar-refractivity contribution in [2.75, 3.05) is 5.32 Å². The summed E-state index contributed by atoms with van der Waals surface area (Å²) < 4.78 is 10.2. The fourth-order valence-corrected chi connectivity index (χ4v) is 1.81. The molecule has 2 aromatic rings. The number of nitrogens with one attached hydrogen (secondary N) is 1. The Bertz CT molecular complexity index is 737. The number of benzene rings is 2. The summed E-state index contributed by atoms with van der Waals surface area (Å²) in [6, 6.07) is 13.9. The quantitative estimate of drug-likeness (QED) is 0.355. The van der Waals surface area contributed by atoms with E-state index in [4.69, 9.17) is 9.47 Å². The highest BCUT2D eigenvalue weighted by Crippen LogP contribution is 2.19. The Morgan fingerprint density at radius 1 is 0.880 bits per heavy atom. The van der Waals surface area contributed by atoms with Gasteiger partial charge in [-0.3, -0.25) is 9.59 Å². The van der Waals surface area contributed by atoms with Crippen molar-refractivity contribution in [2.24, 2.45) is 4.99 Å². The largest absolute Gasteiger partial charge is 0.427 e. The van der Waals surface area contributed by atoms with Gasteiger partial charge >= 0.3 is 11.9 Å². The SMILES string of the molecule is CCC(=O)Oc1ccc(N=CNc2ccc(OC(=O)CC)cc2)cc1. The highest BCUT2D eigenvalue weighted by atomic mass is 16.5. The van der Waals surface area contributed by atoms with E-state index in [1.807, 2.05) is 0 Å². The van der Waals surface area contributed by atoms with Crippen LogP contribution in [0.1, 0.15) is 26.7 Å². The topological polar surface area (TPSA) is 77.0 Å². The molecule has 0 aliphatic rings. The first-order valence-electron chi connectivity index (χ1n) is 8.01. The summed E-state index contributed by atoms with van der Waals surface area (Å²) in [5.41, 5.74) is 1.53. The molecular weight excluding hydrogens is 320 g/mol. The maximum Gasteiger partial charge on any atom is 0.310 e. The summed E-state index contributed by atoms with van der Waals surface area (Å²) in [4.78, 5) is 26.7. The molecular formula is C19H20N2O4. The van der Waals surface area contributed by atoms with Crippen molar-refractivity contribution in [1.82, 2.24) is 0 Å². The van der Waals surface area contributed by atoms with Crippen LogP contribution in [0.25, 0.3) is 0 Å². The van der Waals surface area contributed by atoms with E-state index >= 15 is 0 Å². The van der Waals surface area contributed by atoms with Gasteiger partial charge in [0.05, 0.1) is 12.0 Å². The van der Waals surface area contributed by atoms with E-state index in [1.54, 1.807) is 68.7 Å². The maximum absolute atomic E-state index is 11.2. The number of anilines is 1. The average molecular weight is 340 g/mol. The van der Waals surface area contributed by atoms with Gasteiger partial charge in [-0.15, -0.1) is 0 Å². The molecule has 0 aliphatic carbocycles. The van der Waals surface area contributed by atoms with Crippen LogP contribution in [0.15, 0.2) is 53.5 Å². The van der Waals surface area contributed by atoms with Gasteiger partial charge in [-0.1, -0.05) is 13.8 Å². The van der Waals surface area contributed by atoms with Crippen LogP contribution in [0, 0.1) is 0 Å². The molecule has 2 aromatic carbocycles. The summed E-state index contributed by atoms with van der Waals surface area (Å²) in [5, 5.41) is 3.03. The monoisotopic (exact) mass is 340 g/mol. The molecule has 0 atom stereocenters. The van der Waals surface area contributed by atoms with E-state index in [9.17, 15) is 9.59 Å². The molecule has 0 spiro atoms. The van der Waals surface area contributed by atoms with E-state index in [2.05, 4.69) is 10.3 Å². The molecule has 0 amide bonds. The molecule has 0 saturated carbocycles. The van der Waals surface area contributed by atoms with Crippen LogP contribution in [-0.2, 0) is 9.59 Å². The molecule has 0 saturated heterocycles. The fraction of sp³-hybridized carbons (Fsp3) is 0.211. The van der Waals surface area contributed by atoms with Gasteiger partial charge in [-0.25, -0.2) is 4.99 Å². The van der Waals surface area contributed by atoms with E-state index < -0.39 is 0 Å². The van der Waals surface area contributed by atoms with Gasteiger partial charge in [-0.2, -0.15) is 0 Å². The first-order valence-corrected chi connectivity index (χ1v) is 8.01. The molecule has 0 radical (unpaired) electrons. The van der Waals surface area contributed by atoms with Crippen LogP contribution in [0.2, 0.25) is 0 Å². The Kier molecular flexibility index (Phi) is 6.71. The second-order valence-corrected chi connectivity index (χ2v) is 5.08. The number of carbonyl (C=O) groups is 2. The molecule has 25 heavy (non-hydrogen) atoms. The summed E-state index contributed by atoms with van der Waals surface area (Å²) in [6.45, 7) is 3.49. The van der Waals surface area contributed by atoms with Crippen LogP contribution >= 0.6 is 0 Å². The summed E-state index contributed by atoms with van der Waals surface area (Å²) in [5.74, 6) is 0.462. The first kappa shape index (κ1) is 18.2. The summed E-state index contributed by atoms with van der Waals surface area (Å²) in [6.07, 6.45) is 2.23. The first-order chi connectivity index (χ1) is 12.1. The molecule has 130 valence electrons. The molecule has 0 aromatic heterocycles. The molecule has 0 fully saturated rings. The van der Waals surface area contributed by atoms with Crippen LogP contribution < -0.4 is 14.8 Å². The minimum absolute atomic E-state index is 0.268. The number of rotatable bonds is 7. The van der Waals surface area contributed by atoms with Gasteiger partial charge in [0.15, 0.2) is 0 Å². The Hall–Kier alpha value is -3.15. The van der Waals surface area contributed by atoms with E-state index in [0.717, 1.165) is 11.4 Å². The minimum atomic E-state index is -0.272. The lowest BCUT2D eigenvalue weighted by molar-refractivity contribution is -0.134. The number of hydrogen-bond donors (Lipinski definition) is 1. The van der Waals surface area contributed by atoms with Gasteiger partial charge in [0, 0.05) is 18.5 Å². The van der Waals surface area contributed by atoms with Gasteiger partial charge in [-0.05, 0) is 48.5 Å². The standard InChI is InChI=1S/C19H20N2O4/c1-3-18(22)24-16-9-5-14(6-10-16)20-13-21-15-7-11-17(12-8-15)25-19(23)4-2/h5-13H,3-4H2,1-2H3,(H,20,21). The van der Waals surface area contributed by atoms with E-state index in [-0.39, 0.29) is 11.9 Å². The highest BCUT2D eigenvalue weighted by Gasteiger charge is 2.02. The fourth-order valence-electron chi connectivity index (χ4n) is 1.81. The Morgan fingerprint density at radius 2 is 1.36 bits per heavy atom.